The summed E-state index contributed by atoms with van der Waals surface area (Å²) < 4.78 is 0. The number of rotatable bonds is 1. The predicted molar refractivity (Wildman–Crippen MR) is 16.4 cm³/mol. The maximum Gasteiger partial charge on any atom is 1.00 e. The summed E-state index contributed by atoms with van der Waals surface area (Å²) >= 11 is 0. The first kappa shape index (κ1) is 16.0. The number of carboxylic acid groups (broad SMARTS) is 1. The van der Waals surface area contributed by atoms with Gasteiger partial charge in [-0.15, -0.1) is 0 Å². The minimum absolute atomic E-state index is 0. The zero-order valence-corrected chi connectivity index (χ0v) is 10.1. The van der Waals surface area contributed by atoms with Crippen molar-refractivity contribution >= 4 is 5.97 Å². The van der Waals surface area contributed by atoms with Crippen LogP contribution in [0.15, 0.2) is 0 Å². The molecule has 0 aromatic carbocycles. The number of hydrogen-bond donors (Lipinski definition) is 0. The SMILES string of the molecule is CCC(=O)[O-].[H-].[K+].[Na+]. The smallest absolute Gasteiger partial charge is 1.00 e. The molecule has 0 aromatic heterocycles. The van der Waals surface area contributed by atoms with Crippen LogP contribution >= 0.6 is 0 Å². The second kappa shape index (κ2) is 11.0. The zero-order chi connectivity index (χ0) is 4.28. The van der Waals surface area contributed by atoms with Gasteiger partial charge < -0.3 is 11.3 Å². The normalized spacial score (nSPS) is 5.29. The molecular formula is C3H6KNaO2. The molecule has 32 valence electrons. The molecule has 0 radical (unpaired) electrons. The van der Waals surface area contributed by atoms with Gasteiger partial charge in [0.15, 0.2) is 0 Å². The van der Waals surface area contributed by atoms with Gasteiger partial charge in [0, 0.05) is 5.97 Å². The van der Waals surface area contributed by atoms with E-state index < -0.39 is 5.97 Å². The number of carbonyl (C=O) groups is 1. The fraction of sp³-hybridized carbons (Fsp3) is 0.667. The van der Waals surface area contributed by atoms with Crippen molar-refractivity contribution in [1.82, 2.24) is 0 Å². The van der Waals surface area contributed by atoms with E-state index in [9.17, 15) is 9.90 Å². The Hall–Kier alpha value is 2.11. The van der Waals surface area contributed by atoms with Gasteiger partial charge in [0.05, 0.1) is 0 Å². The van der Waals surface area contributed by atoms with Crippen LogP contribution in [0.2, 0.25) is 0 Å². The molecule has 0 aliphatic heterocycles. The molecule has 0 saturated carbocycles. The van der Waals surface area contributed by atoms with Crippen molar-refractivity contribution in [2.75, 3.05) is 0 Å². The van der Waals surface area contributed by atoms with Crippen LogP contribution in [0.25, 0.3) is 0 Å². The van der Waals surface area contributed by atoms with Gasteiger partial charge in [0.2, 0.25) is 0 Å². The van der Waals surface area contributed by atoms with Crippen LogP contribution in [0, 0.1) is 0 Å². The van der Waals surface area contributed by atoms with Gasteiger partial charge in [-0.2, -0.15) is 0 Å². The molecule has 0 bridgehead atoms. The van der Waals surface area contributed by atoms with E-state index in [1.54, 1.807) is 0 Å². The Balaban J connectivity index is -0.0000000267. The van der Waals surface area contributed by atoms with Crippen LogP contribution in [0.1, 0.15) is 14.8 Å². The molecule has 0 heterocycles. The van der Waals surface area contributed by atoms with Gasteiger partial charge in [-0.3, -0.25) is 0 Å². The first-order chi connectivity index (χ1) is 2.27. The molecule has 0 spiro atoms. The van der Waals surface area contributed by atoms with Crippen LogP contribution in [-0.4, -0.2) is 5.97 Å². The van der Waals surface area contributed by atoms with Gasteiger partial charge in [0.1, 0.15) is 0 Å². The summed E-state index contributed by atoms with van der Waals surface area (Å²) in [5, 5.41) is 9.26. The van der Waals surface area contributed by atoms with Gasteiger partial charge in [-0.25, -0.2) is 0 Å². The summed E-state index contributed by atoms with van der Waals surface area (Å²) in [5.74, 6) is -0.995. The zero-order valence-electron chi connectivity index (χ0n) is 6.02. The summed E-state index contributed by atoms with van der Waals surface area (Å²) in [7, 11) is 0. The van der Waals surface area contributed by atoms with Crippen molar-refractivity contribution < 1.29 is 92.3 Å². The summed E-state index contributed by atoms with van der Waals surface area (Å²) in [6.07, 6.45) is 0.111. The molecule has 0 atom stereocenters. The first-order valence-corrected chi connectivity index (χ1v) is 1.47. The molecule has 2 nitrogen and oxygen atoms in total. The molecule has 7 heavy (non-hydrogen) atoms. The monoisotopic (exact) mass is 136 g/mol. The van der Waals surface area contributed by atoms with Crippen molar-refractivity contribution in [2.45, 2.75) is 13.3 Å². The Kier molecular flexibility index (Phi) is 25.2. The average molecular weight is 136 g/mol. The summed E-state index contributed by atoms with van der Waals surface area (Å²) in [6, 6.07) is 0. The average Bonchev–Trinajstić information content (AvgIpc) is 1.38. The molecule has 0 fully saturated rings. The van der Waals surface area contributed by atoms with Crippen molar-refractivity contribution in [2.24, 2.45) is 0 Å². The number of carboxylic acids is 1. The Morgan fingerprint density at radius 2 is 2.00 bits per heavy atom. The van der Waals surface area contributed by atoms with E-state index in [1.807, 2.05) is 0 Å². The van der Waals surface area contributed by atoms with E-state index in [0.717, 1.165) is 0 Å². The molecule has 0 unspecified atom stereocenters. The third-order valence-corrected chi connectivity index (χ3v) is 0.289. The van der Waals surface area contributed by atoms with E-state index >= 15 is 0 Å². The van der Waals surface area contributed by atoms with Crippen molar-refractivity contribution in [3.8, 4) is 0 Å². The minimum Gasteiger partial charge on any atom is -1.00 e. The van der Waals surface area contributed by atoms with Crippen LogP contribution in [0.4, 0.5) is 0 Å². The Morgan fingerprint density at radius 1 is 1.86 bits per heavy atom. The molecule has 0 aliphatic carbocycles. The standard InChI is InChI=1S/C3H6O2.K.Na.H/c1-2-3(4)5;;;/h2H2,1H3,(H,4,5);;;/q;2*+1;-1/p-1. The first-order valence-electron chi connectivity index (χ1n) is 1.47. The maximum atomic E-state index is 9.26. The second-order valence-electron chi connectivity index (χ2n) is 0.726. The van der Waals surface area contributed by atoms with E-state index in [4.69, 9.17) is 0 Å². The molecular weight excluding hydrogens is 130 g/mol. The number of hydrogen-bond acceptors (Lipinski definition) is 2. The summed E-state index contributed by atoms with van der Waals surface area (Å²) in [5.41, 5.74) is 0. The maximum absolute atomic E-state index is 9.26. The quantitative estimate of drug-likeness (QED) is 0.336. The summed E-state index contributed by atoms with van der Waals surface area (Å²) in [4.78, 5) is 9.26. The largest absolute Gasteiger partial charge is 1.00 e. The summed E-state index contributed by atoms with van der Waals surface area (Å²) in [6.45, 7) is 1.54. The molecule has 0 N–H and O–H groups in total. The molecule has 4 heteroatoms. The third kappa shape index (κ3) is 17.9. The van der Waals surface area contributed by atoms with Crippen molar-refractivity contribution in [1.29, 1.82) is 0 Å². The molecule has 0 rings (SSSR count). The Labute approximate surface area is 109 Å². The fourth-order valence-electron chi connectivity index (χ4n) is 0. The van der Waals surface area contributed by atoms with Crippen LogP contribution < -0.4 is 86.0 Å². The minimum atomic E-state index is -0.995. The van der Waals surface area contributed by atoms with Crippen LogP contribution in [0.5, 0.6) is 0 Å². The topological polar surface area (TPSA) is 40.1 Å². The molecule has 0 saturated heterocycles. The third-order valence-electron chi connectivity index (χ3n) is 0.289. The van der Waals surface area contributed by atoms with Gasteiger partial charge in [0.25, 0.3) is 0 Å². The van der Waals surface area contributed by atoms with E-state index in [0.29, 0.717) is 0 Å². The molecule has 0 aliphatic rings. The van der Waals surface area contributed by atoms with Crippen molar-refractivity contribution in [3.63, 3.8) is 0 Å². The molecule has 0 amide bonds. The number of carbonyl (C=O) groups excluding carboxylic acids is 1. The van der Waals surface area contributed by atoms with Gasteiger partial charge >= 0.3 is 80.9 Å². The van der Waals surface area contributed by atoms with Crippen LogP contribution in [0.3, 0.4) is 0 Å². The van der Waals surface area contributed by atoms with E-state index in [1.165, 1.54) is 6.92 Å². The predicted octanol–water partition coefficient (Wildman–Crippen LogP) is -6.73. The Morgan fingerprint density at radius 3 is 2.00 bits per heavy atom. The Bertz CT molecular complexity index is 52.5. The number of aliphatic carboxylic acids is 1. The molecule has 0 aromatic rings. The van der Waals surface area contributed by atoms with E-state index in [-0.39, 0.29) is 88.8 Å². The van der Waals surface area contributed by atoms with Gasteiger partial charge in [-0.05, 0) is 6.42 Å². The van der Waals surface area contributed by atoms with Crippen molar-refractivity contribution in [3.05, 3.63) is 0 Å². The fourth-order valence-corrected chi connectivity index (χ4v) is 0. The second-order valence-corrected chi connectivity index (χ2v) is 0.726. The van der Waals surface area contributed by atoms with Gasteiger partial charge in [-0.1, -0.05) is 6.92 Å². The van der Waals surface area contributed by atoms with E-state index in [2.05, 4.69) is 0 Å². The van der Waals surface area contributed by atoms with Crippen LogP contribution in [-0.2, 0) is 4.79 Å².